The number of carbonyl (C=O) groups excluding carboxylic acids is 1. The lowest BCUT2D eigenvalue weighted by Crippen LogP contribution is -2.53. The highest BCUT2D eigenvalue weighted by molar-refractivity contribution is 5.74. The molecule has 0 aromatic heterocycles. The number of ether oxygens (including phenoxy) is 2. The molecule has 0 bridgehead atoms. The molecule has 0 fully saturated rings. The van der Waals surface area contributed by atoms with Crippen LogP contribution in [0, 0.1) is 0 Å². The van der Waals surface area contributed by atoms with Crippen molar-refractivity contribution in [2.75, 3.05) is 14.1 Å². The summed E-state index contributed by atoms with van der Waals surface area (Å²) >= 11 is 0. The number of hydrogen-bond acceptors (Lipinski definition) is 3. The summed E-state index contributed by atoms with van der Waals surface area (Å²) in [4.78, 5) is 13.1. The van der Waals surface area contributed by atoms with Gasteiger partial charge < -0.3 is 14.0 Å². The number of quaternary nitrogens is 1. The van der Waals surface area contributed by atoms with Crippen LogP contribution in [0.3, 0.4) is 0 Å². The number of likely N-dealkylation sites (N-methyl/N-ethyl adjacent to an activating group) is 1. The summed E-state index contributed by atoms with van der Waals surface area (Å²) in [6.07, 6.45) is 11.5. The number of carbonyl (C=O) groups is 1. The predicted molar refractivity (Wildman–Crippen MR) is 145 cm³/mol. The molecule has 2 rings (SSSR count). The zero-order valence-electron chi connectivity index (χ0n) is 22.8. The first kappa shape index (κ1) is 28.9. The van der Waals surface area contributed by atoms with Crippen molar-refractivity contribution in [2.24, 2.45) is 0 Å². The summed E-state index contributed by atoms with van der Waals surface area (Å²) in [5.41, 5.74) is 2.40. The maximum absolute atomic E-state index is 13.1. The average Bonchev–Trinajstić information content (AvgIpc) is 2.82. The lowest BCUT2D eigenvalue weighted by atomic mass is 10.0. The van der Waals surface area contributed by atoms with Gasteiger partial charge in [-0.05, 0) is 24.5 Å². The van der Waals surface area contributed by atoms with Crippen molar-refractivity contribution in [3.05, 3.63) is 65.7 Å². The number of rotatable bonds is 17. The smallest absolute Gasteiger partial charge is 0.368 e. The summed E-state index contributed by atoms with van der Waals surface area (Å²) < 4.78 is 12.5. The average molecular weight is 483 g/mol. The molecular weight excluding hydrogens is 434 g/mol. The molecule has 0 radical (unpaired) electrons. The third-order valence-electron chi connectivity index (χ3n) is 6.78. The Bertz CT molecular complexity index is 849. The van der Waals surface area contributed by atoms with Gasteiger partial charge in [-0.3, -0.25) is 0 Å². The molecule has 2 unspecified atom stereocenters. The Hall–Kier alpha value is -2.33. The van der Waals surface area contributed by atoms with E-state index in [1.54, 1.807) is 0 Å². The fourth-order valence-electron chi connectivity index (χ4n) is 4.83. The first-order valence-corrected chi connectivity index (χ1v) is 13.7. The summed E-state index contributed by atoms with van der Waals surface area (Å²) in [7, 11) is 4.18. The zero-order valence-corrected chi connectivity index (χ0v) is 22.8. The van der Waals surface area contributed by atoms with Crippen molar-refractivity contribution in [1.29, 1.82) is 0 Å². The SMILES string of the molecule is CCCCCCCCCCc1ccccc1OC(C)OC(=O)C(CC)[N+](C)(C)Cc1ccccc1. The van der Waals surface area contributed by atoms with Crippen LogP contribution in [-0.2, 0) is 22.5 Å². The number of unbranched alkanes of at least 4 members (excludes halogenated alkanes) is 7. The predicted octanol–water partition coefficient (Wildman–Crippen LogP) is 7.69. The van der Waals surface area contributed by atoms with Crippen molar-refractivity contribution < 1.29 is 18.8 Å². The molecule has 0 heterocycles. The third kappa shape index (κ3) is 10.4. The van der Waals surface area contributed by atoms with Crippen LogP contribution in [0.4, 0.5) is 0 Å². The van der Waals surface area contributed by atoms with Crippen molar-refractivity contribution in [2.45, 2.75) is 104 Å². The van der Waals surface area contributed by atoms with Crippen LogP contribution < -0.4 is 4.74 Å². The molecule has 4 heteroatoms. The first-order chi connectivity index (χ1) is 16.9. The highest BCUT2D eigenvalue weighted by atomic mass is 16.7. The first-order valence-electron chi connectivity index (χ1n) is 13.7. The van der Waals surface area contributed by atoms with E-state index >= 15 is 0 Å². The van der Waals surface area contributed by atoms with Gasteiger partial charge in [-0.25, -0.2) is 4.79 Å². The zero-order chi connectivity index (χ0) is 25.5. The second-order valence-electron chi connectivity index (χ2n) is 10.3. The van der Waals surface area contributed by atoms with Gasteiger partial charge in [0, 0.05) is 18.9 Å². The minimum Gasteiger partial charge on any atom is -0.455 e. The molecule has 2 aromatic carbocycles. The van der Waals surface area contributed by atoms with E-state index < -0.39 is 6.29 Å². The molecule has 35 heavy (non-hydrogen) atoms. The van der Waals surface area contributed by atoms with Gasteiger partial charge in [-0.2, -0.15) is 0 Å². The van der Waals surface area contributed by atoms with Crippen molar-refractivity contribution in [3.8, 4) is 5.75 Å². The summed E-state index contributed by atoms with van der Waals surface area (Å²) in [6, 6.07) is 18.2. The normalized spacial score (nSPS) is 13.3. The molecule has 0 aliphatic carbocycles. The lowest BCUT2D eigenvalue weighted by Gasteiger charge is -2.36. The molecule has 2 aromatic rings. The Labute approximate surface area is 214 Å². The topological polar surface area (TPSA) is 35.5 Å². The summed E-state index contributed by atoms with van der Waals surface area (Å²) in [5.74, 6) is 0.614. The molecule has 0 saturated carbocycles. The quantitative estimate of drug-likeness (QED) is 0.100. The summed E-state index contributed by atoms with van der Waals surface area (Å²) in [5, 5.41) is 0. The van der Waals surface area contributed by atoms with Gasteiger partial charge in [-0.15, -0.1) is 0 Å². The van der Waals surface area contributed by atoms with Gasteiger partial charge in [0.1, 0.15) is 12.3 Å². The molecular formula is C31H48NO3+. The number of para-hydroxylation sites is 1. The standard InChI is InChI=1S/C31H48NO3/c1-6-8-9-10-11-12-13-17-22-28-23-18-19-24-30(28)34-26(3)35-31(33)29(7-2)32(4,5)25-27-20-15-14-16-21-27/h14-16,18-21,23-24,26,29H,6-13,17,22,25H2,1-5H3/q+1. The molecule has 2 atom stereocenters. The van der Waals surface area contributed by atoms with Crippen molar-refractivity contribution in [1.82, 2.24) is 0 Å². The van der Waals surface area contributed by atoms with E-state index in [9.17, 15) is 4.79 Å². The number of benzene rings is 2. The Morgan fingerprint density at radius 3 is 2.09 bits per heavy atom. The van der Waals surface area contributed by atoms with Gasteiger partial charge in [0.05, 0.1) is 14.1 Å². The molecule has 194 valence electrons. The van der Waals surface area contributed by atoms with E-state index in [0.717, 1.165) is 25.1 Å². The van der Waals surface area contributed by atoms with Crippen LogP contribution in [0.25, 0.3) is 0 Å². The minimum absolute atomic E-state index is 0.207. The monoisotopic (exact) mass is 482 g/mol. The van der Waals surface area contributed by atoms with Crippen LogP contribution in [0.1, 0.15) is 89.7 Å². The number of esters is 1. The largest absolute Gasteiger partial charge is 0.455 e. The second kappa shape index (κ2) is 15.6. The summed E-state index contributed by atoms with van der Waals surface area (Å²) in [6.45, 7) is 6.89. The van der Waals surface area contributed by atoms with Crippen LogP contribution in [-0.4, -0.2) is 36.9 Å². The highest BCUT2D eigenvalue weighted by Gasteiger charge is 2.36. The van der Waals surface area contributed by atoms with Gasteiger partial charge in [-0.1, -0.05) is 107 Å². The van der Waals surface area contributed by atoms with E-state index in [0.29, 0.717) is 10.9 Å². The fourth-order valence-corrected chi connectivity index (χ4v) is 4.83. The molecule has 0 aliphatic rings. The highest BCUT2D eigenvalue weighted by Crippen LogP contribution is 2.24. The third-order valence-corrected chi connectivity index (χ3v) is 6.78. The van der Waals surface area contributed by atoms with Crippen LogP contribution >= 0.6 is 0 Å². The molecule has 0 aliphatic heterocycles. The Morgan fingerprint density at radius 1 is 0.829 bits per heavy atom. The Kier molecular flexibility index (Phi) is 12.9. The molecule has 0 saturated heterocycles. The minimum atomic E-state index is -0.631. The fraction of sp³-hybridized carbons (Fsp3) is 0.581. The van der Waals surface area contributed by atoms with Crippen LogP contribution in [0.2, 0.25) is 0 Å². The number of nitrogens with zero attached hydrogens (tertiary/aromatic N) is 1. The Balaban J connectivity index is 1.86. The van der Waals surface area contributed by atoms with Gasteiger partial charge in [0.2, 0.25) is 6.29 Å². The van der Waals surface area contributed by atoms with Crippen molar-refractivity contribution in [3.63, 3.8) is 0 Å². The van der Waals surface area contributed by atoms with E-state index in [1.165, 1.54) is 56.1 Å². The van der Waals surface area contributed by atoms with E-state index in [2.05, 4.69) is 45.3 Å². The number of aryl methyl sites for hydroxylation is 1. The van der Waals surface area contributed by atoms with Gasteiger partial charge in [0.25, 0.3) is 0 Å². The number of hydrogen-bond donors (Lipinski definition) is 0. The van der Waals surface area contributed by atoms with Crippen molar-refractivity contribution >= 4 is 5.97 Å². The molecule has 0 N–H and O–H groups in total. The van der Waals surface area contributed by atoms with Crippen LogP contribution in [0.15, 0.2) is 54.6 Å². The lowest BCUT2D eigenvalue weighted by molar-refractivity contribution is -0.919. The van der Waals surface area contributed by atoms with Gasteiger partial charge in [0.15, 0.2) is 6.04 Å². The molecule has 0 amide bonds. The maximum atomic E-state index is 13.1. The van der Waals surface area contributed by atoms with E-state index in [1.807, 2.05) is 44.2 Å². The Morgan fingerprint density at radius 2 is 1.43 bits per heavy atom. The second-order valence-corrected chi connectivity index (χ2v) is 10.3. The van der Waals surface area contributed by atoms with Gasteiger partial charge >= 0.3 is 5.97 Å². The molecule has 4 nitrogen and oxygen atoms in total. The van der Waals surface area contributed by atoms with E-state index in [-0.39, 0.29) is 12.0 Å². The molecule has 0 spiro atoms. The van der Waals surface area contributed by atoms with E-state index in [4.69, 9.17) is 9.47 Å². The maximum Gasteiger partial charge on any atom is 0.368 e. The van der Waals surface area contributed by atoms with Crippen LogP contribution in [0.5, 0.6) is 5.75 Å².